The van der Waals surface area contributed by atoms with Crippen LogP contribution in [0.4, 0.5) is 5.69 Å². The summed E-state index contributed by atoms with van der Waals surface area (Å²) >= 11 is 0. The van der Waals surface area contributed by atoms with Gasteiger partial charge in [-0.1, -0.05) is 6.04 Å². The van der Waals surface area contributed by atoms with E-state index in [1.54, 1.807) is 5.32 Å². The Labute approximate surface area is 140 Å². The molecule has 1 atom stereocenters. The number of benzene rings is 1. The maximum atomic E-state index is 13.5. The average molecular weight is 310 g/mol. The second-order valence-electron chi connectivity index (χ2n) is 4.69. The summed E-state index contributed by atoms with van der Waals surface area (Å²) in [5, 5.41) is 0.899. The summed E-state index contributed by atoms with van der Waals surface area (Å²) in [5.41, 5.74) is 0.0325. The summed E-state index contributed by atoms with van der Waals surface area (Å²) in [6, 6.07) is -2.28. The van der Waals surface area contributed by atoms with E-state index in [9.17, 15) is 14.4 Å². The zero-order valence-electron chi connectivity index (χ0n) is 21.2. The molecule has 1 fully saturated rings. The SMILES string of the molecule is [2H]c1c([2H])c(N)c2c(=O)n([C@@]3(C)C(=O)NC(=O)C([2H])([2H])C3([2H])[2H])c(C([2H])([2H])[2H])nc2c1[2H]. The van der Waals surface area contributed by atoms with E-state index < -0.39 is 83.1 Å². The van der Waals surface area contributed by atoms with Crippen LogP contribution >= 0.6 is 0 Å². The summed E-state index contributed by atoms with van der Waals surface area (Å²) in [7, 11) is 0. The number of hydrogen-bond donors (Lipinski definition) is 2. The fourth-order valence-corrected chi connectivity index (χ4v) is 2.14. The van der Waals surface area contributed by atoms with Crippen molar-refractivity contribution in [2.45, 2.75) is 32.1 Å². The highest BCUT2D eigenvalue weighted by Crippen LogP contribution is 2.27. The van der Waals surface area contributed by atoms with Crippen molar-refractivity contribution in [2.75, 3.05) is 5.73 Å². The first-order chi connectivity index (χ1) is 14.3. The Kier molecular flexibility index (Phi) is 1.40. The number of aromatic nitrogens is 2. The summed E-state index contributed by atoms with van der Waals surface area (Å²) in [5.74, 6) is -4.32. The van der Waals surface area contributed by atoms with Crippen LogP contribution in [0.25, 0.3) is 10.9 Å². The largest absolute Gasteiger partial charge is 0.398 e. The number of rotatable bonds is 1. The first-order valence-electron chi connectivity index (χ1n) is 11.0. The minimum absolute atomic E-state index is 0.0980. The van der Waals surface area contributed by atoms with Crippen molar-refractivity contribution < 1.29 is 23.3 Å². The van der Waals surface area contributed by atoms with E-state index in [2.05, 4.69) is 4.98 Å². The van der Waals surface area contributed by atoms with Gasteiger partial charge in [0.05, 0.1) is 15.0 Å². The molecule has 1 aromatic heterocycles. The van der Waals surface area contributed by atoms with Crippen molar-refractivity contribution in [3.05, 3.63) is 34.3 Å². The number of carbonyl (C=O) groups is 2. The minimum Gasteiger partial charge on any atom is -0.398 e. The highest BCUT2D eigenvalue weighted by Gasteiger charge is 2.42. The van der Waals surface area contributed by atoms with Gasteiger partial charge in [0.25, 0.3) is 11.5 Å². The monoisotopic (exact) mass is 310 g/mol. The number of fused-ring (bicyclic) bond motifs is 1. The fourth-order valence-electron chi connectivity index (χ4n) is 2.14. The molecule has 7 heteroatoms. The summed E-state index contributed by atoms with van der Waals surface area (Å²) in [4.78, 5) is 42.0. The Bertz CT molecular complexity index is 1270. The molecule has 7 nitrogen and oxygen atoms in total. The predicted octanol–water partition coefficient (Wildman–Crippen LogP) is 0.439. The Morgan fingerprint density at radius 2 is 2.27 bits per heavy atom. The van der Waals surface area contributed by atoms with Gasteiger partial charge in [-0.2, -0.15) is 0 Å². The normalized spacial score (nSPS) is 33.7. The van der Waals surface area contributed by atoms with Crippen LogP contribution in [0.2, 0.25) is 0 Å². The number of aryl methyl sites for hydroxylation is 1. The van der Waals surface area contributed by atoms with Crippen LogP contribution in [-0.2, 0) is 15.1 Å². The van der Waals surface area contributed by atoms with Crippen LogP contribution in [-0.4, -0.2) is 21.4 Å². The lowest BCUT2D eigenvalue weighted by Crippen LogP contribution is -2.56. The van der Waals surface area contributed by atoms with Gasteiger partial charge in [0.2, 0.25) is 5.91 Å². The van der Waals surface area contributed by atoms with Gasteiger partial charge in [0.1, 0.15) is 11.4 Å². The van der Waals surface area contributed by atoms with Crippen LogP contribution in [0.15, 0.2) is 22.9 Å². The van der Waals surface area contributed by atoms with Crippen molar-refractivity contribution in [3.8, 4) is 0 Å². The van der Waals surface area contributed by atoms with Gasteiger partial charge in [-0.25, -0.2) is 4.98 Å². The predicted molar refractivity (Wildman–Crippen MR) is 81.2 cm³/mol. The van der Waals surface area contributed by atoms with Crippen molar-refractivity contribution >= 4 is 28.4 Å². The van der Waals surface area contributed by atoms with Gasteiger partial charge in [-0.15, -0.1) is 0 Å². The number of carbonyl (C=O) groups excluding carboxylic acids is 2. The first-order valence-corrected chi connectivity index (χ1v) is 6.02. The smallest absolute Gasteiger partial charge is 0.264 e. The third-order valence-corrected chi connectivity index (χ3v) is 3.27. The lowest BCUT2D eigenvalue weighted by atomic mass is 9.90. The zero-order valence-corrected chi connectivity index (χ0v) is 11.2. The molecule has 2 amide bonds. The Balaban J connectivity index is 2.64. The molecule has 0 spiro atoms. The van der Waals surface area contributed by atoms with E-state index in [0.717, 1.165) is 6.92 Å². The molecule has 0 bridgehead atoms. The molecule has 22 heavy (non-hydrogen) atoms. The zero-order chi connectivity index (χ0) is 24.8. The molecule has 0 aliphatic carbocycles. The number of amides is 2. The standard InChI is InChI=1S/C15H16N4O3/c1-8-17-10-5-3-4-9(16)12(10)13(21)19(8)15(2)7-6-11(20)18-14(15)22/h3-5H,6-7,16H2,1-2H3,(H,18,20,22)/t15-/m1/s1/i1D3,3D,4D,5D,6D2,7D2. The molecular formula is C15H16N4O3. The molecule has 1 saturated heterocycles. The van der Waals surface area contributed by atoms with Gasteiger partial charge in [0, 0.05) is 21.7 Å². The van der Waals surface area contributed by atoms with Gasteiger partial charge in [-0.3, -0.25) is 24.3 Å². The highest BCUT2D eigenvalue weighted by molar-refractivity contribution is 6.01. The van der Waals surface area contributed by atoms with E-state index in [1.807, 2.05) is 0 Å². The molecule has 1 aliphatic rings. The molecular weight excluding hydrogens is 284 g/mol. The number of nitrogens with one attached hydrogen (secondary N) is 1. The number of nitrogen functional groups attached to an aromatic ring is 1. The lowest BCUT2D eigenvalue weighted by molar-refractivity contribution is -0.140. The third-order valence-electron chi connectivity index (χ3n) is 3.27. The van der Waals surface area contributed by atoms with Gasteiger partial charge in [-0.05, 0) is 32.2 Å². The molecule has 1 aliphatic heterocycles. The van der Waals surface area contributed by atoms with Gasteiger partial charge >= 0.3 is 0 Å². The van der Waals surface area contributed by atoms with Crippen molar-refractivity contribution in [1.29, 1.82) is 0 Å². The highest BCUT2D eigenvalue weighted by atomic mass is 16.2. The minimum atomic E-state index is -3.46. The van der Waals surface area contributed by atoms with Crippen LogP contribution in [0, 0.1) is 6.85 Å². The van der Waals surface area contributed by atoms with Crippen LogP contribution < -0.4 is 16.6 Å². The average Bonchev–Trinajstić information content (AvgIpc) is 2.67. The molecule has 114 valence electrons. The molecule has 0 saturated carbocycles. The fraction of sp³-hybridized carbons (Fsp3) is 0.333. The van der Waals surface area contributed by atoms with Crippen LogP contribution in [0.3, 0.4) is 0 Å². The topological polar surface area (TPSA) is 107 Å². The first kappa shape index (κ1) is 6.60. The molecule has 1 aromatic carbocycles. The lowest BCUT2D eigenvalue weighted by Gasteiger charge is -2.34. The molecule has 3 rings (SSSR count). The van der Waals surface area contributed by atoms with E-state index in [1.165, 1.54) is 0 Å². The quantitative estimate of drug-likeness (QED) is 0.587. The number of hydrogen-bond acceptors (Lipinski definition) is 5. The number of anilines is 1. The van der Waals surface area contributed by atoms with Gasteiger partial charge in [0.15, 0.2) is 0 Å². The van der Waals surface area contributed by atoms with E-state index in [4.69, 9.17) is 19.4 Å². The molecule has 3 N–H and O–H groups in total. The second kappa shape index (κ2) is 4.66. The van der Waals surface area contributed by atoms with Crippen molar-refractivity contribution in [3.63, 3.8) is 0 Å². The molecule has 2 aromatic rings. The van der Waals surface area contributed by atoms with Crippen LogP contribution in [0.1, 0.15) is 39.2 Å². The number of piperidine rings is 1. The van der Waals surface area contributed by atoms with E-state index >= 15 is 0 Å². The maximum Gasteiger partial charge on any atom is 0.264 e. The Morgan fingerprint density at radius 3 is 3.00 bits per heavy atom. The Hall–Kier alpha value is -2.70. The molecule has 0 unspecified atom stereocenters. The summed E-state index contributed by atoms with van der Waals surface area (Å²) in [6.07, 6.45) is -6.84. The number of imide groups is 1. The van der Waals surface area contributed by atoms with Crippen LogP contribution in [0.5, 0.6) is 0 Å². The maximum absolute atomic E-state index is 13.5. The molecule has 2 heterocycles. The van der Waals surface area contributed by atoms with Crippen molar-refractivity contribution in [1.82, 2.24) is 14.9 Å². The second-order valence-corrected chi connectivity index (χ2v) is 4.69. The summed E-state index contributed by atoms with van der Waals surface area (Å²) < 4.78 is 79.2. The Morgan fingerprint density at radius 1 is 1.50 bits per heavy atom. The summed E-state index contributed by atoms with van der Waals surface area (Å²) in [6.45, 7) is -2.56. The number of nitrogens with zero attached hydrogens (tertiary/aromatic N) is 2. The van der Waals surface area contributed by atoms with E-state index in [0.29, 0.717) is 0 Å². The molecule has 0 radical (unpaired) electrons. The van der Waals surface area contributed by atoms with E-state index in [-0.39, 0.29) is 4.57 Å². The number of nitrogens with two attached hydrogens (primary N) is 1. The van der Waals surface area contributed by atoms with Gasteiger partial charge < -0.3 is 5.73 Å². The van der Waals surface area contributed by atoms with Crippen molar-refractivity contribution in [2.24, 2.45) is 0 Å². The third kappa shape index (κ3) is 1.89.